The Hall–Kier alpha value is -2.81. The van der Waals surface area contributed by atoms with E-state index in [4.69, 9.17) is 20.9 Å². The van der Waals surface area contributed by atoms with Gasteiger partial charge in [0.05, 0.1) is 19.7 Å². The minimum Gasteiger partial charge on any atom is -0.493 e. The van der Waals surface area contributed by atoms with E-state index in [2.05, 4.69) is 10.6 Å². The summed E-state index contributed by atoms with van der Waals surface area (Å²) < 4.78 is 10.4. The molecule has 0 spiro atoms. The standard InChI is InChI=1S/C17H26N4O5/c1-10(2)16(19)17(24)21-8-15(23)20-7-11-4-5-12(13(6-11)25-3)26-9-14(18)22/h4-6,10,16H,7-9,19H2,1-3H3,(H2,18,22)(H,20,23)(H,21,24)/t16-/m0/s1. The van der Waals surface area contributed by atoms with E-state index in [0.717, 1.165) is 5.56 Å². The zero-order valence-electron chi connectivity index (χ0n) is 15.2. The maximum absolute atomic E-state index is 11.8. The highest BCUT2D eigenvalue weighted by molar-refractivity contribution is 5.87. The Bertz CT molecular complexity index is 648. The van der Waals surface area contributed by atoms with Crippen LogP contribution in [-0.4, -0.2) is 44.0 Å². The van der Waals surface area contributed by atoms with Crippen molar-refractivity contribution >= 4 is 17.7 Å². The van der Waals surface area contributed by atoms with E-state index in [1.165, 1.54) is 7.11 Å². The van der Waals surface area contributed by atoms with Crippen LogP contribution in [0.4, 0.5) is 0 Å². The van der Waals surface area contributed by atoms with Gasteiger partial charge < -0.3 is 31.6 Å². The number of nitrogens with one attached hydrogen (secondary N) is 2. The second-order valence-corrected chi connectivity index (χ2v) is 6.00. The third kappa shape index (κ3) is 6.98. The van der Waals surface area contributed by atoms with E-state index in [0.29, 0.717) is 11.5 Å². The number of primary amides is 1. The highest BCUT2D eigenvalue weighted by Gasteiger charge is 2.17. The molecule has 0 unspecified atom stereocenters. The fraction of sp³-hybridized carbons (Fsp3) is 0.471. The van der Waals surface area contributed by atoms with Gasteiger partial charge in [-0.05, 0) is 23.6 Å². The van der Waals surface area contributed by atoms with Crippen molar-refractivity contribution in [3.05, 3.63) is 23.8 Å². The van der Waals surface area contributed by atoms with Crippen LogP contribution in [0.2, 0.25) is 0 Å². The number of benzene rings is 1. The van der Waals surface area contributed by atoms with Gasteiger partial charge in [-0.1, -0.05) is 19.9 Å². The molecule has 0 aliphatic rings. The zero-order chi connectivity index (χ0) is 19.7. The van der Waals surface area contributed by atoms with Crippen LogP contribution in [0.25, 0.3) is 0 Å². The van der Waals surface area contributed by atoms with Crippen LogP contribution in [0.1, 0.15) is 19.4 Å². The van der Waals surface area contributed by atoms with Crippen molar-refractivity contribution in [1.29, 1.82) is 0 Å². The average molecular weight is 366 g/mol. The van der Waals surface area contributed by atoms with Crippen molar-refractivity contribution < 1.29 is 23.9 Å². The van der Waals surface area contributed by atoms with Crippen LogP contribution < -0.4 is 31.6 Å². The summed E-state index contributed by atoms with van der Waals surface area (Å²) in [6.45, 7) is 3.47. The molecule has 0 heterocycles. The molecule has 0 radical (unpaired) electrons. The van der Waals surface area contributed by atoms with Gasteiger partial charge in [-0.3, -0.25) is 14.4 Å². The Morgan fingerprint density at radius 2 is 1.85 bits per heavy atom. The number of methoxy groups -OCH3 is 1. The van der Waals surface area contributed by atoms with Crippen molar-refractivity contribution in [2.24, 2.45) is 17.4 Å². The van der Waals surface area contributed by atoms with Crippen LogP contribution in [-0.2, 0) is 20.9 Å². The number of amides is 3. The minimum atomic E-state index is -0.653. The fourth-order valence-electron chi connectivity index (χ4n) is 1.94. The van der Waals surface area contributed by atoms with Gasteiger partial charge in [0.2, 0.25) is 11.8 Å². The summed E-state index contributed by atoms with van der Waals surface area (Å²) in [6.07, 6.45) is 0. The zero-order valence-corrected chi connectivity index (χ0v) is 15.2. The van der Waals surface area contributed by atoms with E-state index in [1.54, 1.807) is 18.2 Å². The van der Waals surface area contributed by atoms with E-state index in [1.807, 2.05) is 13.8 Å². The Kier molecular flexibility index (Phi) is 8.36. The molecule has 6 N–H and O–H groups in total. The molecule has 0 fully saturated rings. The molecule has 1 aromatic rings. The van der Waals surface area contributed by atoms with Gasteiger partial charge >= 0.3 is 0 Å². The molecule has 144 valence electrons. The van der Waals surface area contributed by atoms with Gasteiger partial charge in [-0.15, -0.1) is 0 Å². The molecule has 0 aliphatic carbocycles. The highest BCUT2D eigenvalue weighted by atomic mass is 16.5. The Labute approximate surface area is 152 Å². The van der Waals surface area contributed by atoms with Gasteiger partial charge in [0, 0.05) is 6.54 Å². The second-order valence-electron chi connectivity index (χ2n) is 6.00. The average Bonchev–Trinajstić information content (AvgIpc) is 2.61. The molecule has 1 aromatic carbocycles. The van der Waals surface area contributed by atoms with Gasteiger partial charge in [-0.25, -0.2) is 0 Å². The Morgan fingerprint density at radius 3 is 2.42 bits per heavy atom. The second kappa shape index (κ2) is 10.2. The lowest BCUT2D eigenvalue weighted by atomic mass is 10.1. The SMILES string of the molecule is COc1cc(CNC(=O)CNC(=O)[C@@H](N)C(C)C)ccc1OCC(N)=O. The molecule has 9 nitrogen and oxygen atoms in total. The first kappa shape index (κ1) is 21.2. The van der Waals surface area contributed by atoms with E-state index in [-0.39, 0.29) is 37.4 Å². The van der Waals surface area contributed by atoms with Crippen molar-refractivity contribution in [2.75, 3.05) is 20.3 Å². The molecule has 0 aromatic heterocycles. The number of hydrogen-bond acceptors (Lipinski definition) is 6. The van der Waals surface area contributed by atoms with Crippen molar-refractivity contribution in [1.82, 2.24) is 10.6 Å². The van der Waals surface area contributed by atoms with Gasteiger partial charge in [0.25, 0.3) is 5.91 Å². The van der Waals surface area contributed by atoms with Crippen molar-refractivity contribution in [3.8, 4) is 11.5 Å². The summed E-state index contributed by atoms with van der Waals surface area (Å²) in [7, 11) is 1.46. The Morgan fingerprint density at radius 1 is 1.15 bits per heavy atom. The molecular weight excluding hydrogens is 340 g/mol. The van der Waals surface area contributed by atoms with Crippen LogP contribution in [0, 0.1) is 5.92 Å². The summed E-state index contributed by atoms with van der Waals surface area (Å²) in [5.41, 5.74) is 11.5. The van der Waals surface area contributed by atoms with Gasteiger partial charge in [0.1, 0.15) is 0 Å². The lowest BCUT2D eigenvalue weighted by molar-refractivity contribution is -0.127. The molecule has 0 aliphatic heterocycles. The maximum Gasteiger partial charge on any atom is 0.255 e. The minimum absolute atomic E-state index is 0.0131. The molecule has 1 rings (SSSR count). The largest absolute Gasteiger partial charge is 0.493 e. The first-order valence-corrected chi connectivity index (χ1v) is 8.12. The number of hydrogen-bond donors (Lipinski definition) is 4. The van der Waals surface area contributed by atoms with E-state index < -0.39 is 11.9 Å². The molecule has 26 heavy (non-hydrogen) atoms. The fourth-order valence-corrected chi connectivity index (χ4v) is 1.94. The molecule has 1 atom stereocenters. The number of rotatable bonds is 10. The lowest BCUT2D eigenvalue weighted by Gasteiger charge is -2.15. The number of ether oxygens (including phenoxy) is 2. The molecule has 0 saturated carbocycles. The molecule has 0 bridgehead atoms. The first-order valence-electron chi connectivity index (χ1n) is 8.12. The normalized spacial score (nSPS) is 11.6. The quantitative estimate of drug-likeness (QED) is 0.430. The van der Waals surface area contributed by atoms with Crippen LogP contribution >= 0.6 is 0 Å². The third-order valence-electron chi connectivity index (χ3n) is 3.53. The Balaban J connectivity index is 2.52. The first-order chi connectivity index (χ1) is 12.2. The van der Waals surface area contributed by atoms with Crippen molar-refractivity contribution in [3.63, 3.8) is 0 Å². The topological polar surface area (TPSA) is 146 Å². The molecule has 0 saturated heterocycles. The molecular formula is C17H26N4O5. The summed E-state index contributed by atoms with van der Waals surface area (Å²) in [5, 5.41) is 5.17. The summed E-state index contributed by atoms with van der Waals surface area (Å²) >= 11 is 0. The molecule has 9 heteroatoms. The highest BCUT2D eigenvalue weighted by Crippen LogP contribution is 2.27. The van der Waals surface area contributed by atoms with Crippen LogP contribution in [0.15, 0.2) is 18.2 Å². The number of carbonyl (C=O) groups excluding carboxylic acids is 3. The number of nitrogens with two attached hydrogens (primary N) is 2. The maximum atomic E-state index is 11.8. The van der Waals surface area contributed by atoms with Crippen molar-refractivity contribution in [2.45, 2.75) is 26.4 Å². The van der Waals surface area contributed by atoms with Crippen LogP contribution in [0.5, 0.6) is 11.5 Å². The van der Waals surface area contributed by atoms with Crippen LogP contribution in [0.3, 0.4) is 0 Å². The van der Waals surface area contributed by atoms with Gasteiger partial charge in [0.15, 0.2) is 18.1 Å². The van der Waals surface area contributed by atoms with E-state index >= 15 is 0 Å². The van der Waals surface area contributed by atoms with E-state index in [9.17, 15) is 14.4 Å². The van der Waals surface area contributed by atoms with Gasteiger partial charge in [-0.2, -0.15) is 0 Å². The predicted octanol–water partition coefficient (Wildman–Crippen LogP) is -0.725. The monoisotopic (exact) mass is 366 g/mol. The summed E-state index contributed by atoms with van der Waals surface area (Å²) in [6, 6.07) is 4.35. The lowest BCUT2D eigenvalue weighted by Crippen LogP contribution is -2.47. The third-order valence-corrected chi connectivity index (χ3v) is 3.53. The summed E-state index contributed by atoms with van der Waals surface area (Å²) in [4.78, 5) is 34.3. The smallest absolute Gasteiger partial charge is 0.255 e. The number of carbonyl (C=O) groups is 3. The summed E-state index contributed by atoms with van der Waals surface area (Å²) in [5.74, 6) is -0.538. The molecule has 3 amide bonds. The predicted molar refractivity (Wildman–Crippen MR) is 95.4 cm³/mol.